The zero-order valence-electron chi connectivity index (χ0n) is 15.9. The number of nitrogens with zero attached hydrogens (tertiary/aromatic N) is 4. The van der Waals surface area contributed by atoms with Gasteiger partial charge in [0.1, 0.15) is 0 Å². The zero-order chi connectivity index (χ0) is 20.1. The second-order valence-corrected chi connectivity index (χ2v) is 7.03. The van der Waals surface area contributed by atoms with Crippen LogP contribution >= 0.6 is 0 Å². The fraction of sp³-hybridized carbons (Fsp3) is 0.286. The van der Waals surface area contributed by atoms with Crippen molar-refractivity contribution >= 4 is 17.5 Å². The average molecular weight is 390 g/mol. The molecule has 148 valence electrons. The van der Waals surface area contributed by atoms with E-state index in [9.17, 15) is 9.59 Å². The van der Waals surface area contributed by atoms with Crippen LogP contribution in [-0.4, -0.2) is 38.6 Å². The molecule has 0 bridgehead atoms. The van der Waals surface area contributed by atoms with E-state index in [0.717, 1.165) is 18.4 Å². The Labute approximate surface area is 168 Å². The molecule has 8 heteroatoms. The lowest BCUT2D eigenvalue weighted by atomic mass is 10.2. The first kappa shape index (κ1) is 18.8. The third-order valence-corrected chi connectivity index (χ3v) is 4.69. The molecule has 1 aromatic heterocycles. The topological polar surface area (TPSA) is 102 Å². The second kappa shape index (κ2) is 8.64. The summed E-state index contributed by atoms with van der Waals surface area (Å²) in [7, 11) is 0. The SMILES string of the molecule is O=C(CCCNC(=O)c1ccccc1)Nc1cccc(-c2nnnn2C2CC2)c1. The highest BCUT2D eigenvalue weighted by Crippen LogP contribution is 2.36. The van der Waals surface area contributed by atoms with Crippen molar-refractivity contribution in [1.29, 1.82) is 0 Å². The molecule has 0 unspecified atom stereocenters. The number of nitrogens with one attached hydrogen (secondary N) is 2. The predicted molar refractivity (Wildman–Crippen MR) is 108 cm³/mol. The molecular formula is C21H22N6O2. The highest BCUT2D eigenvalue weighted by atomic mass is 16.2. The van der Waals surface area contributed by atoms with Crippen LogP contribution in [0.5, 0.6) is 0 Å². The molecule has 2 N–H and O–H groups in total. The Morgan fingerprint density at radius 1 is 1.07 bits per heavy atom. The van der Waals surface area contributed by atoms with Gasteiger partial charge in [0.05, 0.1) is 6.04 Å². The zero-order valence-corrected chi connectivity index (χ0v) is 15.9. The third kappa shape index (κ3) is 4.84. The number of hydrogen-bond donors (Lipinski definition) is 2. The van der Waals surface area contributed by atoms with Crippen molar-refractivity contribution in [3.8, 4) is 11.4 Å². The van der Waals surface area contributed by atoms with Crippen LogP contribution in [-0.2, 0) is 4.79 Å². The smallest absolute Gasteiger partial charge is 0.251 e. The van der Waals surface area contributed by atoms with E-state index in [4.69, 9.17) is 0 Å². The van der Waals surface area contributed by atoms with Gasteiger partial charge in [0.25, 0.3) is 5.91 Å². The summed E-state index contributed by atoms with van der Waals surface area (Å²) in [6.45, 7) is 0.442. The molecule has 0 atom stereocenters. The molecule has 0 radical (unpaired) electrons. The number of amides is 2. The summed E-state index contributed by atoms with van der Waals surface area (Å²) >= 11 is 0. The lowest BCUT2D eigenvalue weighted by Crippen LogP contribution is -2.25. The first-order valence-electron chi connectivity index (χ1n) is 9.72. The van der Waals surface area contributed by atoms with Crippen molar-refractivity contribution < 1.29 is 9.59 Å². The van der Waals surface area contributed by atoms with Crippen LogP contribution < -0.4 is 10.6 Å². The maximum atomic E-state index is 12.2. The van der Waals surface area contributed by atoms with Gasteiger partial charge in [-0.25, -0.2) is 4.68 Å². The fourth-order valence-corrected chi connectivity index (χ4v) is 3.05. The number of benzene rings is 2. The van der Waals surface area contributed by atoms with Gasteiger partial charge in [0, 0.05) is 29.8 Å². The van der Waals surface area contributed by atoms with Crippen molar-refractivity contribution in [3.63, 3.8) is 0 Å². The Kier molecular flexibility index (Phi) is 5.60. The van der Waals surface area contributed by atoms with Gasteiger partial charge in [-0.2, -0.15) is 0 Å². The van der Waals surface area contributed by atoms with Crippen LogP contribution in [0.25, 0.3) is 11.4 Å². The summed E-state index contributed by atoms with van der Waals surface area (Å²) in [4.78, 5) is 24.2. The number of rotatable bonds is 8. The van der Waals surface area contributed by atoms with Crippen molar-refractivity contribution in [1.82, 2.24) is 25.5 Å². The average Bonchev–Trinajstić information content (AvgIpc) is 3.48. The van der Waals surface area contributed by atoms with Crippen LogP contribution in [0.2, 0.25) is 0 Å². The minimum atomic E-state index is -0.132. The van der Waals surface area contributed by atoms with E-state index in [1.54, 1.807) is 12.1 Å². The summed E-state index contributed by atoms with van der Waals surface area (Å²) in [6.07, 6.45) is 3.06. The maximum absolute atomic E-state index is 12.2. The summed E-state index contributed by atoms with van der Waals surface area (Å²) in [5.74, 6) is 0.484. The summed E-state index contributed by atoms with van der Waals surface area (Å²) in [5.41, 5.74) is 2.18. The van der Waals surface area contributed by atoms with Crippen molar-refractivity contribution in [2.24, 2.45) is 0 Å². The maximum Gasteiger partial charge on any atom is 0.251 e. The number of tetrazole rings is 1. The van der Waals surface area contributed by atoms with E-state index in [1.807, 2.05) is 47.1 Å². The van der Waals surface area contributed by atoms with E-state index < -0.39 is 0 Å². The van der Waals surface area contributed by atoms with Crippen molar-refractivity contribution in [2.75, 3.05) is 11.9 Å². The molecule has 8 nitrogen and oxygen atoms in total. The molecule has 1 fully saturated rings. The molecule has 0 aliphatic heterocycles. The van der Waals surface area contributed by atoms with Gasteiger partial charge in [-0.1, -0.05) is 30.3 Å². The number of hydrogen-bond acceptors (Lipinski definition) is 5. The second-order valence-electron chi connectivity index (χ2n) is 7.03. The normalized spacial score (nSPS) is 13.1. The highest BCUT2D eigenvalue weighted by Gasteiger charge is 2.28. The van der Waals surface area contributed by atoms with Gasteiger partial charge in [-0.05, 0) is 54.0 Å². The van der Waals surface area contributed by atoms with E-state index >= 15 is 0 Å². The number of anilines is 1. The van der Waals surface area contributed by atoms with Gasteiger partial charge >= 0.3 is 0 Å². The molecule has 29 heavy (non-hydrogen) atoms. The largest absolute Gasteiger partial charge is 0.352 e. The standard InChI is InChI=1S/C21H22N6O2/c28-19(10-5-13-22-21(29)15-6-2-1-3-7-15)23-17-9-4-8-16(14-17)20-24-25-26-27(20)18-11-12-18/h1-4,6-9,14,18H,5,10-13H2,(H,22,29)(H,23,28). The Morgan fingerprint density at radius 2 is 1.90 bits per heavy atom. The number of carbonyl (C=O) groups is 2. The number of carbonyl (C=O) groups excluding carboxylic acids is 2. The monoisotopic (exact) mass is 390 g/mol. The fourth-order valence-electron chi connectivity index (χ4n) is 3.05. The molecular weight excluding hydrogens is 368 g/mol. The summed E-state index contributed by atoms with van der Waals surface area (Å²) < 4.78 is 1.84. The Bertz CT molecular complexity index is 997. The molecule has 1 saturated carbocycles. The van der Waals surface area contributed by atoms with Crippen molar-refractivity contribution in [3.05, 3.63) is 60.2 Å². The van der Waals surface area contributed by atoms with Gasteiger partial charge in [-0.15, -0.1) is 5.10 Å². The summed E-state index contributed by atoms with van der Waals surface area (Å²) in [6, 6.07) is 16.9. The van der Waals surface area contributed by atoms with E-state index in [2.05, 4.69) is 26.2 Å². The quantitative estimate of drug-likeness (QED) is 0.576. The van der Waals surface area contributed by atoms with E-state index in [-0.39, 0.29) is 11.8 Å². The molecule has 0 saturated heterocycles. The van der Waals surface area contributed by atoms with Gasteiger partial charge in [0.15, 0.2) is 5.82 Å². The minimum Gasteiger partial charge on any atom is -0.352 e. The molecule has 0 spiro atoms. The van der Waals surface area contributed by atoms with Gasteiger partial charge < -0.3 is 10.6 Å². The van der Waals surface area contributed by atoms with Crippen LogP contribution in [0.1, 0.15) is 42.1 Å². The molecule has 2 amide bonds. The Morgan fingerprint density at radius 3 is 2.69 bits per heavy atom. The first-order chi connectivity index (χ1) is 14.2. The molecule has 1 aliphatic carbocycles. The van der Waals surface area contributed by atoms with Crippen molar-refractivity contribution in [2.45, 2.75) is 31.7 Å². The molecule has 3 aromatic rings. The molecule has 1 heterocycles. The van der Waals surface area contributed by atoms with E-state index in [1.165, 1.54) is 0 Å². The first-order valence-corrected chi connectivity index (χ1v) is 9.72. The van der Waals surface area contributed by atoms with Crippen LogP contribution in [0.3, 0.4) is 0 Å². The lowest BCUT2D eigenvalue weighted by Gasteiger charge is -2.08. The number of aromatic nitrogens is 4. The molecule has 1 aliphatic rings. The van der Waals surface area contributed by atoms with Crippen LogP contribution in [0, 0.1) is 0 Å². The highest BCUT2D eigenvalue weighted by molar-refractivity contribution is 5.94. The molecule has 4 rings (SSSR count). The van der Waals surface area contributed by atoms with Crippen LogP contribution in [0.15, 0.2) is 54.6 Å². The Hall–Kier alpha value is -3.55. The van der Waals surface area contributed by atoms with Gasteiger partial charge in [0.2, 0.25) is 5.91 Å². The Balaban J connectivity index is 1.27. The van der Waals surface area contributed by atoms with Crippen LogP contribution in [0.4, 0.5) is 5.69 Å². The van der Waals surface area contributed by atoms with Gasteiger partial charge in [-0.3, -0.25) is 9.59 Å². The minimum absolute atomic E-state index is 0.0992. The summed E-state index contributed by atoms with van der Waals surface area (Å²) in [5, 5.41) is 17.7. The van der Waals surface area contributed by atoms with E-state index in [0.29, 0.717) is 42.5 Å². The third-order valence-electron chi connectivity index (χ3n) is 4.69. The predicted octanol–water partition coefficient (Wildman–Crippen LogP) is 2.82. The molecule has 2 aromatic carbocycles. The lowest BCUT2D eigenvalue weighted by molar-refractivity contribution is -0.116.